The standard InChI is InChI=1S/C18H16N2O2/c1-12-19-15-7-6-13(10-17(15)22-12)11-18(21)20-9-8-14-4-2-3-5-16(14)20/h2-7,10H,8-9,11H2,1H3. The summed E-state index contributed by atoms with van der Waals surface area (Å²) in [6, 6.07) is 13.9. The molecule has 4 rings (SSSR count). The number of fused-ring (bicyclic) bond motifs is 2. The van der Waals surface area contributed by atoms with E-state index in [9.17, 15) is 4.79 Å². The summed E-state index contributed by atoms with van der Waals surface area (Å²) in [4.78, 5) is 18.8. The molecule has 110 valence electrons. The van der Waals surface area contributed by atoms with Crippen LogP contribution in [0.25, 0.3) is 11.1 Å². The highest BCUT2D eigenvalue weighted by molar-refractivity contribution is 5.97. The molecule has 1 aromatic heterocycles. The van der Waals surface area contributed by atoms with Crippen LogP contribution in [0.15, 0.2) is 46.9 Å². The lowest BCUT2D eigenvalue weighted by atomic mass is 10.1. The Kier molecular flexibility index (Phi) is 2.96. The minimum Gasteiger partial charge on any atom is -0.441 e. The smallest absolute Gasteiger partial charge is 0.231 e. The van der Waals surface area contributed by atoms with Gasteiger partial charge in [-0.25, -0.2) is 4.98 Å². The van der Waals surface area contributed by atoms with Gasteiger partial charge in [-0.2, -0.15) is 0 Å². The molecule has 0 N–H and O–H groups in total. The first kappa shape index (κ1) is 13.1. The third-order valence-electron chi connectivity index (χ3n) is 4.10. The third-order valence-corrected chi connectivity index (χ3v) is 4.10. The maximum absolute atomic E-state index is 12.6. The number of aryl methyl sites for hydroxylation is 1. The normalized spacial score (nSPS) is 13.6. The Morgan fingerprint density at radius 1 is 1.27 bits per heavy atom. The number of oxazole rings is 1. The van der Waals surface area contributed by atoms with E-state index in [1.54, 1.807) is 0 Å². The summed E-state index contributed by atoms with van der Waals surface area (Å²) in [6.07, 6.45) is 1.31. The van der Waals surface area contributed by atoms with Gasteiger partial charge in [0, 0.05) is 19.2 Å². The fraction of sp³-hybridized carbons (Fsp3) is 0.222. The van der Waals surface area contributed by atoms with E-state index in [-0.39, 0.29) is 5.91 Å². The quantitative estimate of drug-likeness (QED) is 0.728. The Morgan fingerprint density at radius 3 is 3.05 bits per heavy atom. The molecular formula is C18H16N2O2. The van der Waals surface area contributed by atoms with Gasteiger partial charge in [0.05, 0.1) is 6.42 Å². The van der Waals surface area contributed by atoms with Crippen LogP contribution in [0.1, 0.15) is 17.0 Å². The van der Waals surface area contributed by atoms with Crippen LogP contribution in [0.5, 0.6) is 0 Å². The van der Waals surface area contributed by atoms with Crippen LogP contribution in [-0.4, -0.2) is 17.4 Å². The first-order chi connectivity index (χ1) is 10.7. The van der Waals surface area contributed by atoms with Crippen molar-refractivity contribution < 1.29 is 9.21 Å². The average molecular weight is 292 g/mol. The zero-order valence-electron chi connectivity index (χ0n) is 12.4. The molecule has 0 saturated carbocycles. The number of benzene rings is 2. The number of aromatic nitrogens is 1. The highest BCUT2D eigenvalue weighted by atomic mass is 16.3. The van der Waals surface area contributed by atoms with Crippen molar-refractivity contribution in [3.63, 3.8) is 0 Å². The molecular weight excluding hydrogens is 276 g/mol. The van der Waals surface area contributed by atoms with Crippen LogP contribution >= 0.6 is 0 Å². The van der Waals surface area contributed by atoms with Crippen LogP contribution in [-0.2, 0) is 17.6 Å². The lowest BCUT2D eigenvalue weighted by Gasteiger charge is -2.17. The van der Waals surface area contributed by atoms with Crippen molar-refractivity contribution in [1.82, 2.24) is 4.98 Å². The topological polar surface area (TPSA) is 46.3 Å². The summed E-state index contributed by atoms with van der Waals surface area (Å²) in [6.45, 7) is 2.59. The Balaban J connectivity index is 1.58. The van der Waals surface area contributed by atoms with Crippen LogP contribution in [0.3, 0.4) is 0 Å². The van der Waals surface area contributed by atoms with Crippen molar-refractivity contribution in [1.29, 1.82) is 0 Å². The zero-order chi connectivity index (χ0) is 15.1. The molecule has 2 aromatic carbocycles. The fourth-order valence-electron chi connectivity index (χ4n) is 3.06. The third kappa shape index (κ3) is 2.17. The molecule has 0 fully saturated rings. The average Bonchev–Trinajstić information content (AvgIpc) is 3.09. The molecule has 1 amide bonds. The predicted molar refractivity (Wildman–Crippen MR) is 84.9 cm³/mol. The van der Waals surface area contributed by atoms with Gasteiger partial charge in [-0.05, 0) is 35.7 Å². The van der Waals surface area contributed by atoms with Crippen LogP contribution in [0.4, 0.5) is 5.69 Å². The molecule has 4 nitrogen and oxygen atoms in total. The van der Waals surface area contributed by atoms with E-state index in [2.05, 4.69) is 11.1 Å². The number of hydrogen-bond donors (Lipinski definition) is 0. The number of amides is 1. The first-order valence-corrected chi connectivity index (χ1v) is 7.45. The monoisotopic (exact) mass is 292 g/mol. The van der Waals surface area contributed by atoms with Crippen molar-refractivity contribution in [2.75, 3.05) is 11.4 Å². The van der Waals surface area contributed by atoms with Gasteiger partial charge in [0.1, 0.15) is 5.52 Å². The zero-order valence-corrected chi connectivity index (χ0v) is 12.4. The molecule has 0 saturated heterocycles. The Bertz CT molecular complexity index is 866. The van der Waals surface area contributed by atoms with Gasteiger partial charge in [-0.3, -0.25) is 4.79 Å². The minimum absolute atomic E-state index is 0.125. The predicted octanol–water partition coefficient (Wildman–Crippen LogP) is 3.27. The van der Waals surface area contributed by atoms with Crippen molar-refractivity contribution >= 4 is 22.7 Å². The van der Waals surface area contributed by atoms with Crippen molar-refractivity contribution in [3.8, 4) is 0 Å². The maximum Gasteiger partial charge on any atom is 0.231 e. The molecule has 0 atom stereocenters. The van der Waals surface area contributed by atoms with Gasteiger partial charge in [-0.1, -0.05) is 24.3 Å². The second kappa shape index (κ2) is 4.98. The van der Waals surface area contributed by atoms with Gasteiger partial charge in [0.15, 0.2) is 11.5 Å². The van der Waals surface area contributed by atoms with Gasteiger partial charge in [0.2, 0.25) is 5.91 Å². The minimum atomic E-state index is 0.125. The second-order valence-electron chi connectivity index (χ2n) is 5.64. The number of nitrogens with zero attached hydrogens (tertiary/aromatic N) is 2. The maximum atomic E-state index is 12.6. The van der Waals surface area contributed by atoms with E-state index in [0.29, 0.717) is 12.3 Å². The van der Waals surface area contributed by atoms with E-state index in [0.717, 1.165) is 35.3 Å². The highest BCUT2D eigenvalue weighted by Gasteiger charge is 2.24. The van der Waals surface area contributed by atoms with Gasteiger partial charge in [0.25, 0.3) is 0 Å². The van der Waals surface area contributed by atoms with Crippen LogP contribution < -0.4 is 4.90 Å². The SMILES string of the molecule is Cc1nc2ccc(CC(=O)N3CCc4ccccc43)cc2o1. The molecule has 4 heteroatoms. The summed E-state index contributed by atoms with van der Waals surface area (Å²) < 4.78 is 5.54. The molecule has 3 aromatic rings. The Labute approximate surface area is 128 Å². The molecule has 0 unspecified atom stereocenters. The number of para-hydroxylation sites is 1. The number of hydrogen-bond acceptors (Lipinski definition) is 3. The summed E-state index contributed by atoms with van der Waals surface area (Å²) in [5.41, 5.74) is 4.82. The summed E-state index contributed by atoms with van der Waals surface area (Å²) in [7, 11) is 0. The van der Waals surface area contributed by atoms with Gasteiger partial charge in [-0.15, -0.1) is 0 Å². The van der Waals surface area contributed by atoms with E-state index in [4.69, 9.17) is 4.42 Å². The van der Waals surface area contributed by atoms with Crippen LogP contribution in [0.2, 0.25) is 0 Å². The fourth-order valence-corrected chi connectivity index (χ4v) is 3.06. The van der Waals surface area contributed by atoms with Gasteiger partial charge >= 0.3 is 0 Å². The van der Waals surface area contributed by atoms with Crippen molar-refractivity contribution in [2.24, 2.45) is 0 Å². The number of carbonyl (C=O) groups excluding carboxylic acids is 1. The summed E-state index contributed by atoms with van der Waals surface area (Å²) in [5, 5.41) is 0. The molecule has 22 heavy (non-hydrogen) atoms. The highest BCUT2D eigenvalue weighted by Crippen LogP contribution is 2.28. The molecule has 1 aliphatic rings. The molecule has 0 spiro atoms. The number of rotatable bonds is 2. The molecule has 0 radical (unpaired) electrons. The summed E-state index contributed by atoms with van der Waals surface area (Å²) >= 11 is 0. The molecule has 0 aliphatic carbocycles. The molecule has 2 heterocycles. The Morgan fingerprint density at radius 2 is 2.14 bits per heavy atom. The van der Waals surface area contributed by atoms with E-state index in [1.165, 1.54) is 5.56 Å². The molecule has 0 bridgehead atoms. The van der Waals surface area contributed by atoms with E-state index < -0.39 is 0 Å². The Hall–Kier alpha value is -2.62. The van der Waals surface area contributed by atoms with Crippen molar-refractivity contribution in [2.45, 2.75) is 19.8 Å². The van der Waals surface area contributed by atoms with Crippen LogP contribution in [0, 0.1) is 6.92 Å². The van der Waals surface area contributed by atoms with Crippen molar-refractivity contribution in [3.05, 3.63) is 59.5 Å². The largest absolute Gasteiger partial charge is 0.441 e. The second-order valence-corrected chi connectivity index (χ2v) is 5.64. The van der Waals surface area contributed by atoms with Gasteiger partial charge < -0.3 is 9.32 Å². The molecule has 1 aliphatic heterocycles. The van der Waals surface area contributed by atoms with E-state index in [1.807, 2.05) is 48.2 Å². The number of anilines is 1. The van der Waals surface area contributed by atoms with E-state index >= 15 is 0 Å². The lowest BCUT2D eigenvalue weighted by molar-refractivity contribution is -0.117. The first-order valence-electron chi connectivity index (χ1n) is 7.45. The number of carbonyl (C=O) groups is 1. The summed E-state index contributed by atoms with van der Waals surface area (Å²) in [5.74, 6) is 0.771. The lowest BCUT2D eigenvalue weighted by Crippen LogP contribution is -2.30.